The molecule has 4 aromatic rings. The van der Waals surface area contributed by atoms with E-state index in [1.165, 1.54) is 12.1 Å². The Bertz CT molecular complexity index is 1340. The van der Waals surface area contributed by atoms with Crippen LogP contribution in [0.25, 0.3) is 11.3 Å². The van der Waals surface area contributed by atoms with Crippen LogP contribution in [-0.4, -0.2) is 30.9 Å². The highest BCUT2D eigenvalue weighted by Crippen LogP contribution is 2.30. The van der Waals surface area contributed by atoms with E-state index in [1.807, 2.05) is 27.0 Å². The lowest BCUT2D eigenvalue weighted by Crippen LogP contribution is -2.20. The zero-order valence-corrected chi connectivity index (χ0v) is 19.4. The van der Waals surface area contributed by atoms with E-state index >= 15 is 0 Å². The second-order valence-electron chi connectivity index (χ2n) is 8.73. The molecule has 2 amide bonds. The van der Waals surface area contributed by atoms with Crippen LogP contribution in [0.3, 0.4) is 0 Å². The summed E-state index contributed by atoms with van der Waals surface area (Å²) in [7, 11) is 1.81. The van der Waals surface area contributed by atoms with Crippen LogP contribution >= 0.6 is 0 Å². The highest BCUT2D eigenvalue weighted by Gasteiger charge is 2.20. The summed E-state index contributed by atoms with van der Waals surface area (Å²) in [5.41, 5.74) is 2.27. The molecule has 3 heterocycles. The molecule has 0 fully saturated rings. The van der Waals surface area contributed by atoms with Crippen molar-refractivity contribution in [2.45, 2.75) is 33.1 Å². The van der Waals surface area contributed by atoms with Crippen molar-refractivity contribution in [2.75, 3.05) is 10.6 Å². The molecule has 0 atom stereocenters. The van der Waals surface area contributed by atoms with Crippen molar-refractivity contribution in [3.05, 3.63) is 59.9 Å². The molecule has 0 saturated carbocycles. The Morgan fingerprint density at radius 3 is 2.68 bits per heavy atom. The molecule has 0 aliphatic heterocycles. The van der Waals surface area contributed by atoms with Crippen LogP contribution in [-0.2, 0) is 12.5 Å². The summed E-state index contributed by atoms with van der Waals surface area (Å²) in [5, 5.41) is 13.0. The number of carbonyl (C=O) groups is 1. The van der Waals surface area contributed by atoms with Gasteiger partial charge in [0.2, 0.25) is 5.88 Å². The minimum Gasteiger partial charge on any atom is -0.424 e. The van der Waals surface area contributed by atoms with Gasteiger partial charge in [-0.2, -0.15) is 10.1 Å². The Hall–Kier alpha value is -4.28. The fourth-order valence-electron chi connectivity index (χ4n) is 3.01. The predicted octanol–water partition coefficient (Wildman–Crippen LogP) is 5.05. The first-order chi connectivity index (χ1) is 16.1. The van der Waals surface area contributed by atoms with Gasteiger partial charge in [-0.25, -0.2) is 14.2 Å². The fraction of sp³-hybridized carbons (Fsp3) is 0.261. The molecule has 0 aliphatic rings. The fourth-order valence-corrected chi connectivity index (χ4v) is 3.01. The number of hydrogen-bond acceptors (Lipinski definition) is 7. The summed E-state index contributed by atoms with van der Waals surface area (Å²) in [6.07, 6.45) is 5.04. The first kappa shape index (κ1) is 22.9. The van der Waals surface area contributed by atoms with Crippen molar-refractivity contribution in [3.8, 4) is 23.0 Å². The first-order valence-electron chi connectivity index (χ1n) is 10.4. The highest BCUT2D eigenvalue weighted by molar-refractivity contribution is 5.99. The Labute approximate surface area is 195 Å². The molecular weight excluding hydrogens is 441 g/mol. The topological polar surface area (TPSA) is 120 Å². The van der Waals surface area contributed by atoms with Gasteiger partial charge in [0.25, 0.3) is 0 Å². The van der Waals surface area contributed by atoms with Crippen molar-refractivity contribution in [1.82, 2.24) is 24.9 Å². The minimum atomic E-state index is -0.694. The molecule has 11 heteroatoms. The average Bonchev–Trinajstić information content (AvgIpc) is 3.41. The number of anilines is 2. The number of halogens is 1. The normalized spacial score (nSPS) is 11.4. The summed E-state index contributed by atoms with van der Waals surface area (Å²) < 4.78 is 27.1. The third-order valence-electron chi connectivity index (χ3n) is 4.86. The van der Waals surface area contributed by atoms with Gasteiger partial charge in [0.15, 0.2) is 0 Å². The number of nitrogens with one attached hydrogen (secondary N) is 2. The van der Waals surface area contributed by atoms with Gasteiger partial charge in [-0.15, -0.1) is 0 Å². The monoisotopic (exact) mass is 465 g/mol. The lowest BCUT2D eigenvalue weighted by Gasteiger charge is -2.12. The number of aryl methyl sites for hydroxylation is 2. The van der Waals surface area contributed by atoms with Crippen molar-refractivity contribution in [2.24, 2.45) is 7.05 Å². The van der Waals surface area contributed by atoms with Crippen LogP contribution in [0.15, 0.2) is 47.4 Å². The third-order valence-corrected chi connectivity index (χ3v) is 4.86. The number of ether oxygens (including phenoxy) is 1. The number of nitrogens with zero attached hydrogens (tertiary/aromatic N) is 5. The molecule has 10 nitrogen and oxygen atoms in total. The molecule has 0 unspecified atom stereocenters. The maximum absolute atomic E-state index is 14.5. The van der Waals surface area contributed by atoms with Gasteiger partial charge in [-0.1, -0.05) is 25.9 Å². The molecule has 3 aromatic heterocycles. The summed E-state index contributed by atoms with van der Waals surface area (Å²) in [6, 6.07) is 5.34. The van der Waals surface area contributed by atoms with Gasteiger partial charge < -0.3 is 14.6 Å². The van der Waals surface area contributed by atoms with Crippen LogP contribution < -0.4 is 15.4 Å². The van der Waals surface area contributed by atoms with Crippen molar-refractivity contribution < 1.29 is 18.4 Å². The number of rotatable bonds is 5. The standard InChI is InChI=1S/C23H24FN7O3/c1-13-8-15(24)17(27-21(32)29-20-10-19(30-34-20)23(2,3)4)9-18(13)33-22-25-7-6-16(28-22)14-11-26-31(5)12-14/h6-12H,1-5H3,(H2,27,29,32). The van der Waals surface area contributed by atoms with E-state index in [9.17, 15) is 9.18 Å². The molecule has 2 N–H and O–H groups in total. The van der Waals surface area contributed by atoms with Crippen molar-refractivity contribution in [1.29, 1.82) is 0 Å². The molecule has 4 rings (SSSR count). The Kier molecular flexibility index (Phi) is 6.01. The first-order valence-corrected chi connectivity index (χ1v) is 10.4. The Balaban J connectivity index is 1.50. The second-order valence-corrected chi connectivity index (χ2v) is 8.73. The van der Waals surface area contributed by atoms with Crippen molar-refractivity contribution >= 4 is 17.6 Å². The zero-order chi connectivity index (χ0) is 24.5. The second kappa shape index (κ2) is 8.93. The predicted molar refractivity (Wildman–Crippen MR) is 123 cm³/mol. The average molecular weight is 465 g/mol. The largest absolute Gasteiger partial charge is 0.424 e. The maximum atomic E-state index is 14.5. The number of carbonyl (C=O) groups excluding carboxylic acids is 1. The molecule has 34 heavy (non-hydrogen) atoms. The molecule has 0 aliphatic carbocycles. The van der Waals surface area contributed by atoms with E-state index < -0.39 is 11.8 Å². The van der Waals surface area contributed by atoms with Crippen LogP contribution in [0, 0.1) is 12.7 Å². The zero-order valence-electron chi connectivity index (χ0n) is 19.4. The van der Waals surface area contributed by atoms with Gasteiger partial charge in [0.05, 0.1) is 23.3 Å². The number of benzene rings is 1. The Morgan fingerprint density at radius 1 is 1.21 bits per heavy atom. The highest BCUT2D eigenvalue weighted by atomic mass is 19.1. The van der Waals surface area contributed by atoms with E-state index in [1.54, 1.807) is 43.2 Å². The number of aromatic nitrogens is 5. The van der Waals surface area contributed by atoms with E-state index in [2.05, 4.69) is 30.9 Å². The lowest BCUT2D eigenvalue weighted by molar-refractivity contribution is 0.261. The van der Waals surface area contributed by atoms with Crippen LogP contribution in [0.1, 0.15) is 32.0 Å². The Morgan fingerprint density at radius 2 is 2.00 bits per heavy atom. The summed E-state index contributed by atoms with van der Waals surface area (Å²) in [4.78, 5) is 20.9. The van der Waals surface area contributed by atoms with Gasteiger partial charge in [-0.05, 0) is 24.6 Å². The molecule has 0 radical (unpaired) electrons. The molecule has 1 aromatic carbocycles. The van der Waals surface area contributed by atoms with Crippen LogP contribution in [0.4, 0.5) is 20.8 Å². The van der Waals surface area contributed by atoms with Crippen molar-refractivity contribution in [3.63, 3.8) is 0 Å². The number of hydrogen-bond donors (Lipinski definition) is 2. The molecule has 0 spiro atoms. The smallest absolute Gasteiger partial charge is 0.326 e. The quantitative estimate of drug-likeness (QED) is 0.423. The SMILES string of the molecule is Cc1cc(F)c(NC(=O)Nc2cc(C(C)(C)C)no2)cc1Oc1nccc(-c2cnn(C)c2)n1. The minimum absolute atomic E-state index is 0.0721. The van der Waals surface area contributed by atoms with E-state index in [0.29, 0.717) is 17.0 Å². The van der Waals surface area contributed by atoms with Gasteiger partial charge >= 0.3 is 12.0 Å². The molecule has 0 saturated heterocycles. The van der Waals surface area contributed by atoms with Gasteiger partial charge in [0, 0.05) is 42.6 Å². The summed E-state index contributed by atoms with van der Waals surface area (Å²) in [5.74, 6) is -0.195. The van der Waals surface area contributed by atoms with E-state index in [0.717, 1.165) is 5.56 Å². The van der Waals surface area contributed by atoms with E-state index in [-0.39, 0.29) is 28.7 Å². The molecule has 0 bridgehead atoms. The number of urea groups is 1. The molecular formula is C23H24FN7O3. The lowest BCUT2D eigenvalue weighted by atomic mass is 9.92. The van der Waals surface area contributed by atoms with Gasteiger partial charge in [0.1, 0.15) is 11.6 Å². The van der Waals surface area contributed by atoms with E-state index in [4.69, 9.17) is 9.26 Å². The molecule has 176 valence electrons. The van der Waals surface area contributed by atoms with Crippen LogP contribution in [0.5, 0.6) is 11.8 Å². The number of amides is 2. The maximum Gasteiger partial charge on any atom is 0.326 e. The van der Waals surface area contributed by atoms with Gasteiger partial charge in [-0.3, -0.25) is 10.00 Å². The van der Waals surface area contributed by atoms with Crippen LogP contribution in [0.2, 0.25) is 0 Å². The third kappa shape index (κ3) is 5.20. The summed E-state index contributed by atoms with van der Waals surface area (Å²) >= 11 is 0. The summed E-state index contributed by atoms with van der Waals surface area (Å²) in [6.45, 7) is 7.58.